The van der Waals surface area contributed by atoms with Crippen molar-refractivity contribution in [2.75, 3.05) is 0 Å². The van der Waals surface area contributed by atoms with E-state index in [1.165, 1.54) is 0 Å². The molecule has 3 nitrogen and oxygen atoms in total. The predicted octanol–water partition coefficient (Wildman–Crippen LogP) is 5.47. The smallest absolute Gasteiger partial charge is 0.315 e. The van der Waals surface area contributed by atoms with Crippen LogP contribution in [0, 0.1) is 27.7 Å². The van der Waals surface area contributed by atoms with Gasteiger partial charge in [0.15, 0.2) is 0 Å². The molecule has 0 radical (unpaired) electrons. The van der Waals surface area contributed by atoms with Crippen LogP contribution in [0.4, 0.5) is 0 Å². The summed E-state index contributed by atoms with van der Waals surface area (Å²) < 4.78 is 11.1. The van der Waals surface area contributed by atoms with Gasteiger partial charge in [-0.1, -0.05) is 17.7 Å². The third kappa shape index (κ3) is 3.17. The average molecular weight is 343 g/mol. The molecule has 0 saturated heterocycles. The largest absolute Gasteiger partial charge is 0.464 e. The van der Waals surface area contributed by atoms with E-state index in [1.807, 2.05) is 52.0 Å². The van der Waals surface area contributed by atoms with Crippen molar-refractivity contribution in [2.24, 2.45) is 0 Å². The molecule has 24 heavy (non-hydrogen) atoms. The summed E-state index contributed by atoms with van der Waals surface area (Å²) in [5.41, 5.74) is 5.53. The number of fused-ring (bicyclic) bond motifs is 1. The quantitative estimate of drug-likeness (QED) is 0.468. The molecule has 0 aliphatic rings. The Kier molecular flexibility index (Phi) is 4.37. The van der Waals surface area contributed by atoms with Gasteiger partial charge in [0.1, 0.15) is 11.3 Å². The van der Waals surface area contributed by atoms with Gasteiger partial charge >= 0.3 is 5.97 Å². The summed E-state index contributed by atoms with van der Waals surface area (Å²) in [6.07, 6.45) is 1.75. The first-order valence-corrected chi connectivity index (χ1v) is 8.17. The van der Waals surface area contributed by atoms with E-state index in [0.29, 0.717) is 10.8 Å². The van der Waals surface area contributed by atoms with Crippen LogP contribution in [0.1, 0.15) is 27.8 Å². The summed E-state index contributed by atoms with van der Waals surface area (Å²) >= 11 is 6.33. The van der Waals surface area contributed by atoms with Crippen molar-refractivity contribution >= 4 is 28.5 Å². The van der Waals surface area contributed by atoms with Crippen LogP contribution in [-0.2, 0) is 11.2 Å². The highest BCUT2D eigenvalue weighted by Gasteiger charge is 2.17. The average Bonchev–Trinajstić information content (AvgIpc) is 2.86. The Morgan fingerprint density at radius 3 is 2.42 bits per heavy atom. The van der Waals surface area contributed by atoms with Gasteiger partial charge in [-0.15, -0.1) is 0 Å². The van der Waals surface area contributed by atoms with Gasteiger partial charge in [-0.3, -0.25) is 4.79 Å². The molecular weight excluding hydrogens is 324 g/mol. The molecule has 0 saturated carbocycles. The molecule has 4 heteroatoms. The maximum atomic E-state index is 12.3. The molecule has 0 atom stereocenters. The van der Waals surface area contributed by atoms with E-state index in [0.717, 1.165) is 38.8 Å². The first-order chi connectivity index (χ1) is 11.3. The highest BCUT2D eigenvalue weighted by atomic mass is 35.5. The summed E-state index contributed by atoms with van der Waals surface area (Å²) in [6, 6.07) is 7.63. The molecule has 0 aliphatic heterocycles. The number of furan rings is 1. The Bertz CT molecular complexity index is 917. The van der Waals surface area contributed by atoms with Crippen LogP contribution in [-0.4, -0.2) is 5.97 Å². The Morgan fingerprint density at radius 2 is 1.75 bits per heavy atom. The van der Waals surface area contributed by atoms with Crippen molar-refractivity contribution in [2.45, 2.75) is 34.1 Å². The van der Waals surface area contributed by atoms with Crippen molar-refractivity contribution in [3.63, 3.8) is 0 Å². The molecule has 0 unspecified atom stereocenters. The van der Waals surface area contributed by atoms with Crippen molar-refractivity contribution in [3.05, 3.63) is 63.4 Å². The minimum absolute atomic E-state index is 0.139. The summed E-state index contributed by atoms with van der Waals surface area (Å²) in [6.45, 7) is 7.82. The second-order valence-electron chi connectivity index (χ2n) is 6.24. The van der Waals surface area contributed by atoms with Gasteiger partial charge in [0.25, 0.3) is 0 Å². The number of aryl methyl sites for hydroxylation is 4. The number of hydrogen-bond acceptors (Lipinski definition) is 3. The normalized spacial score (nSPS) is 11.0. The second-order valence-corrected chi connectivity index (χ2v) is 6.62. The highest BCUT2D eigenvalue weighted by molar-refractivity contribution is 6.33. The summed E-state index contributed by atoms with van der Waals surface area (Å²) in [4.78, 5) is 12.3. The Balaban J connectivity index is 1.87. The molecular formula is C20H19ClO3. The number of carbonyl (C=O) groups is 1. The van der Waals surface area contributed by atoms with Gasteiger partial charge in [0.05, 0.1) is 12.7 Å². The van der Waals surface area contributed by atoms with Crippen LogP contribution < -0.4 is 4.74 Å². The van der Waals surface area contributed by atoms with E-state index in [9.17, 15) is 4.79 Å². The van der Waals surface area contributed by atoms with Gasteiger partial charge < -0.3 is 9.15 Å². The minimum atomic E-state index is -0.321. The van der Waals surface area contributed by atoms with Gasteiger partial charge in [0, 0.05) is 16.0 Å². The fourth-order valence-electron chi connectivity index (χ4n) is 3.05. The predicted molar refractivity (Wildman–Crippen MR) is 96.0 cm³/mol. The lowest BCUT2D eigenvalue weighted by Gasteiger charge is -2.07. The lowest BCUT2D eigenvalue weighted by Crippen LogP contribution is -2.11. The molecule has 0 bridgehead atoms. The lowest BCUT2D eigenvalue weighted by atomic mass is 10.0. The molecule has 0 N–H and O–H groups in total. The van der Waals surface area contributed by atoms with E-state index in [4.69, 9.17) is 20.8 Å². The fourth-order valence-corrected chi connectivity index (χ4v) is 3.20. The molecule has 3 rings (SSSR count). The standard InChI is InChI=1S/C20H19ClO3/c1-11-5-12(2)7-16(6-11)24-18(22)9-15-10-23-17-8-13(3)20(21)14(4)19(15)17/h5-8,10H,9H2,1-4H3. The second kappa shape index (κ2) is 6.33. The zero-order chi connectivity index (χ0) is 17.4. The van der Waals surface area contributed by atoms with Crippen LogP contribution >= 0.6 is 11.6 Å². The van der Waals surface area contributed by atoms with E-state index >= 15 is 0 Å². The van der Waals surface area contributed by atoms with Gasteiger partial charge in [0.2, 0.25) is 0 Å². The zero-order valence-corrected chi connectivity index (χ0v) is 15.0. The molecule has 0 spiro atoms. The Hall–Kier alpha value is -2.26. The molecule has 124 valence electrons. The van der Waals surface area contributed by atoms with Crippen molar-refractivity contribution in [1.82, 2.24) is 0 Å². The van der Waals surface area contributed by atoms with E-state index < -0.39 is 0 Å². The molecule has 0 aliphatic carbocycles. The zero-order valence-electron chi connectivity index (χ0n) is 14.2. The van der Waals surface area contributed by atoms with Crippen molar-refractivity contribution < 1.29 is 13.9 Å². The van der Waals surface area contributed by atoms with Crippen LogP contribution in [0.2, 0.25) is 5.02 Å². The SMILES string of the molecule is Cc1cc(C)cc(OC(=O)Cc2coc3cc(C)c(Cl)c(C)c23)c1. The molecule has 3 aromatic rings. The highest BCUT2D eigenvalue weighted by Crippen LogP contribution is 2.33. The first kappa shape index (κ1) is 16.6. The van der Waals surface area contributed by atoms with E-state index in [1.54, 1.807) is 6.26 Å². The first-order valence-electron chi connectivity index (χ1n) is 7.80. The number of rotatable bonds is 3. The Morgan fingerprint density at radius 1 is 1.08 bits per heavy atom. The maximum Gasteiger partial charge on any atom is 0.315 e. The van der Waals surface area contributed by atoms with Crippen LogP contribution in [0.3, 0.4) is 0 Å². The van der Waals surface area contributed by atoms with Gasteiger partial charge in [-0.25, -0.2) is 0 Å². The summed E-state index contributed by atoms with van der Waals surface area (Å²) in [7, 11) is 0. The third-order valence-electron chi connectivity index (χ3n) is 4.06. The van der Waals surface area contributed by atoms with Crippen molar-refractivity contribution in [3.8, 4) is 5.75 Å². The molecule has 1 heterocycles. The van der Waals surface area contributed by atoms with Crippen LogP contribution in [0.5, 0.6) is 5.75 Å². The van der Waals surface area contributed by atoms with Crippen molar-refractivity contribution in [1.29, 1.82) is 0 Å². The molecule has 2 aromatic carbocycles. The fraction of sp³-hybridized carbons (Fsp3) is 0.250. The van der Waals surface area contributed by atoms with Gasteiger partial charge in [-0.05, 0) is 68.1 Å². The maximum absolute atomic E-state index is 12.3. The lowest BCUT2D eigenvalue weighted by molar-refractivity contribution is -0.133. The number of hydrogen-bond donors (Lipinski definition) is 0. The number of halogens is 1. The number of benzene rings is 2. The number of esters is 1. The number of carbonyl (C=O) groups excluding carboxylic acids is 1. The Labute approximate surface area is 146 Å². The minimum Gasteiger partial charge on any atom is -0.464 e. The molecule has 1 aromatic heterocycles. The third-order valence-corrected chi connectivity index (χ3v) is 4.64. The van der Waals surface area contributed by atoms with Gasteiger partial charge in [-0.2, -0.15) is 0 Å². The molecule has 0 fully saturated rings. The van der Waals surface area contributed by atoms with E-state index in [-0.39, 0.29) is 12.4 Å². The van der Waals surface area contributed by atoms with Crippen LogP contribution in [0.25, 0.3) is 11.0 Å². The van der Waals surface area contributed by atoms with E-state index in [2.05, 4.69) is 0 Å². The summed E-state index contributed by atoms with van der Waals surface area (Å²) in [5.74, 6) is 0.245. The topological polar surface area (TPSA) is 39.4 Å². The number of ether oxygens (including phenoxy) is 1. The van der Waals surface area contributed by atoms with Crippen LogP contribution in [0.15, 0.2) is 34.9 Å². The summed E-state index contributed by atoms with van der Waals surface area (Å²) in [5, 5.41) is 1.59. The molecule has 0 amide bonds. The monoisotopic (exact) mass is 342 g/mol.